The molecule has 0 amide bonds. The molecular weight excluding hydrogens is 544 g/mol. The third-order valence-corrected chi connectivity index (χ3v) is 6.94. The predicted octanol–water partition coefficient (Wildman–Crippen LogP) is 10.1. The van der Waals surface area contributed by atoms with Gasteiger partial charge < -0.3 is 9.47 Å². The maximum atomic E-state index is 12.2. The minimum Gasteiger partial charge on any atom is -0.427 e. The Balaban J connectivity index is 2.04. The van der Waals surface area contributed by atoms with Crippen molar-refractivity contribution in [3.05, 3.63) is 24.3 Å². The molecule has 44 heavy (non-hydrogen) atoms. The molecule has 1 rings (SSSR count). The van der Waals surface area contributed by atoms with Crippen molar-refractivity contribution >= 4 is 11.9 Å². The van der Waals surface area contributed by atoms with Gasteiger partial charge in [-0.25, -0.2) is 0 Å². The number of carbonyl (C=O) groups is 2. The number of ether oxygens (including phenoxy) is 2. The van der Waals surface area contributed by atoms with Crippen molar-refractivity contribution in [3.8, 4) is 58.9 Å². The lowest BCUT2D eigenvalue weighted by atomic mass is 10.1. The summed E-state index contributed by atoms with van der Waals surface area (Å²) in [6.07, 6.45) is 21.8. The summed E-state index contributed by atoms with van der Waals surface area (Å²) < 4.78 is 10.8. The molecule has 0 radical (unpaired) electrons. The smallest absolute Gasteiger partial charge is 0.311 e. The normalized spacial score (nSPS) is 9.68. The topological polar surface area (TPSA) is 52.6 Å². The Bertz CT molecular complexity index is 1060. The molecule has 238 valence electrons. The van der Waals surface area contributed by atoms with Gasteiger partial charge in [0.25, 0.3) is 0 Å². The SMILES string of the molecule is CCCCCC#CC#CCCCCCCCC(=O)Oc1ccc(OC(=O)CCCCCCCC#CC#CCCCCC)cc1. The Kier molecular flexibility index (Phi) is 25.7. The third kappa shape index (κ3) is 24.9. The molecule has 0 aromatic heterocycles. The molecule has 1 aromatic carbocycles. The average molecular weight is 599 g/mol. The molecule has 0 saturated heterocycles. The van der Waals surface area contributed by atoms with Crippen LogP contribution in [0.2, 0.25) is 0 Å². The zero-order chi connectivity index (χ0) is 31.8. The maximum absolute atomic E-state index is 12.2. The fourth-order valence-corrected chi connectivity index (χ4v) is 4.32. The van der Waals surface area contributed by atoms with Crippen LogP contribution in [0.25, 0.3) is 0 Å². The second-order valence-electron chi connectivity index (χ2n) is 11.1. The lowest BCUT2D eigenvalue weighted by Gasteiger charge is -2.07. The summed E-state index contributed by atoms with van der Waals surface area (Å²) in [6, 6.07) is 6.66. The first-order chi connectivity index (χ1) is 21.7. The van der Waals surface area contributed by atoms with Crippen molar-refractivity contribution in [2.45, 2.75) is 155 Å². The van der Waals surface area contributed by atoms with E-state index in [2.05, 4.69) is 61.2 Å². The van der Waals surface area contributed by atoms with E-state index >= 15 is 0 Å². The number of unbranched alkanes of at least 4 members (excludes halogenated alkanes) is 16. The van der Waals surface area contributed by atoms with E-state index in [1.165, 1.54) is 25.7 Å². The van der Waals surface area contributed by atoms with Gasteiger partial charge in [-0.2, -0.15) is 0 Å². The van der Waals surface area contributed by atoms with Gasteiger partial charge in [-0.1, -0.05) is 102 Å². The Hall–Kier alpha value is -3.60. The van der Waals surface area contributed by atoms with Crippen LogP contribution in [0.1, 0.15) is 155 Å². The van der Waals surface area contributed by atoms with Gasteiger partial charge >= 0.3 is 11.9 Å². The van der Waals surface area contributed by atoms with Crippen LogP contribution < -0.4 is 9.47 Å². The standard InChI is InChI=1S/C40H54O4/c1-3-5-7-9-11-13-15-17-19-21-23-25-27-29-31-39(41)43-37-33-35-38(36-34-37)44-40(42)32-30-28-26-24-22-20-18-16-14-12-10-8-6-4-2/h33-36H,3-10,19-32H2,1-2H3. The Morgan fingerprint density at radius 2 is 0.750 bits per heavy atom. The highest BCUT2D eigenvalue weighted by Gasteiger charge is 2.08. The molecule has 0 atom stereocenters. The predicted molar refractivity (Wildman–Crippen MR) is 182 cm³/mol. The lowest BCUT2D eigenvalue weighted by Crippen LogP contribution is -2.09. The number of hydrogen-bond acceptors (Lipinski definition) is 4. The van der Waals surface area contributed by atoms with Gasteiger partial charge in [-0.3, -0.25) is 9.59 Å². The molecule has 0 N–H and O–H groups in total. The molecular formula is C40H54O4. The molecule has 0 bridgehead atoms. The number of hydrogen-bond donors (Lipinski definition) is 0. The molecule has 0 spiro atoms. The van der Waals surface area contributed by atoms with Crippen LogP contribution >= 0.6 is 0 Å². The molecule has 0 aliphatic heterocycles. The molecule has 0 unspecified atom stereocenters. The summed E-state index contributed by atoms with van der Waals surface area (Å²) in [5.74, 6) is 24.6. The van der Waals surface area contributed by atoms with Crippen molar-refractivity contribution in [2.75, 3.05) is 0 Å². The summed E-state index contributed by atoms with van der Waals surface area (Å²) in [5, 5.41) is 0. The van der Waals surface area contributed by atoms with Crippen molar-refractivity contribution in [1.29, 1.82) is 0 Å². The number of esters is 2. The highest BCUT2D eigenvalue weighted by Crippen LogP contribution is 2.19. The van der Waals surface area contributed by atoms with Crippen LogP contribution in [0.4, 0.5) is 0 Å². The second kappa shape index (κ2) is 29.5. The Labute approximate surface area is 268 Å². The second-order valence-corrected chi connectivity index (χ2v) is 11.1. The summed E-state index contributed by atoms with van der Waals surface area (Å²) in [7, 11) is 0. The van der Waals surface area contributed by atoms with Crippen LogP contribution in [0, 0.1) is 47.4 Å². The summed E-state index contributed by atoms with van der Waals surface area (Å²) >= 11 is 0. The van der Waals surface area contributed by atoms with E-state index in [9.17, 15) is 9.59 Å². The summed E-state index contributed by atoms with van der Waals surface area (Å²) in [5.41, 5.74) is 0. The average Bonchev–Trinajstić information content (AvgIpc) is 3.02. The van der Waals surface area contributed by atoms with Gasteiger partial charge in [0.1, 0.15) is 11.5 Å². The largest absolute Gasteiger partial charge is 0.427 e. The molecule has 0 aliphatic rings. The zero-order valence-corrected chi connectivity index (χ0v) is 27.5. The Morgan fingerprint density at radius 3 is 1.09 bits per heavy atom. The maximum Gasteiger partial charge on any atom is 0.311 e. The fourth-order valence-electron chi connectivity index (χ4n) is 4.32. The number of rotatable bonds is 22. The van der Waals surface area contributed by atoms with Gasteiger partial charge in [0.2, 0.25) is 0 Å². The highest BCUT2D eigenvalue weighted by molar-refractivity contribution is 5.73. The van der Waals surface area contributed by atoms with Gasteiger partial charge in [0.05, 0.1) is 0 Å². The van der Waals surface area contributed by atoms with E-state index in [0.717, 1.165) is 103 Å². The quantitative estimate of drug-likeness (QED) is 0.0577. The van der Waals surface area contributed by atoms with Crippen molar-refractivity contribution in [2.24, 2.45) is 0 Å². The molecule has 4 nitrogen and oxygen atoms in total. The monoisotopic (exact) mass is 598 g/mol. The minimum absolute atomic E-state index is 0.239. The van der Waals surface area contributed by atoms with E-state index in [1.807, 2.05) is 0 Å². The first-order valence-electron chi connectivity index (χ1n) is 17.1. The first kappa shape index (κ1) is 38.4. The van der Waals surface area contributed by atoms with E-state index in [-0.39, 0.29) is 11.9 Å². The third-order valence-electron chi connectivity index (χ3n) is 6.94. The van der Waals surface area contributed by atoms with Crippen molar-refractivity contribution in [1.82, 2.24) is 0 Å². The highest BCUT2D eigenvalue weighted by atomic mass is 16.5. The van der Waals surface area contributed by atoms with Gasteiger partial charge in [0.15, 0.2) is 0 Å². The molecule has 0 saturated carbocycles. The van der Waals surface area contributed by atoms with E-state index < -0.39 is 0 Å². The minimum atomic E-state index is -0.239. The van der Waals surface area contributed by atoms with Crippen LogP contribution in [-0.4, -0.2) is 11.9 Å². The van der Waals surface area contributed by atoms with E-state index in [0.29, 0.717) is 24.3 Å². The lowest BCUT2D eigenvalue weighted by molar-refractivity contribution is -0.135. The molecule has 0 heterocycles. The van der Waals surface area contributed by atoms with Gasteiger partial charge in [-0.15, -0.1) is 0 Å². The molecule has 1 aromatic rings. The van der Waals surface area contributed by atoms with Crippen LogP contribution in [0.3, 0.4) is 0 Å². The fraction of sp³-hybridized carbons (Fsp3) is 0.600. The van der Waals surface area contributed by atoms with Crippen LogP contribution in [0.5, 0.6) is 11.5 Å². The number of carbonyl (C=O) groups excluding carboxylic acids is 2. The zero-order valence-electron chi connectivity index (χ0n) is 27.5. The molecule has 0 fully saturated rings. The van der Waals surface area contributed by atoms with Crippen molar-refractivity contribution in [3.63, 3.8) is 0 Å². The summed E-state index contributed by atoms with van der Waals surface area (Å²) in [6.45, 7) is 4.39. The van der Waals surface area contributed by atoms with Gasteiger partial charge in [0, 0.05) is 38.5 Å². The van der Waals surface area contributed by atoms with Crippen LogP contribution in [0.15, 0.2) is 24.3 Å². The van der Waals surface area contributed by atoms with E-state index in [4.69, 9.17) is 9.47 Å². The molecule has 0 aliphatic carbocycles. The van der Waals surface area contributed by atoms with E-state index in [1.54, 1.807) is 24.3 Å². The van der Waals surface area contributed by atoms with Crippen molar-refractivity contribution < 1.29 is 19.1 Å². The summed E-state index contributed by atoms with van der Waals surface area (Å²) in [4.78, 5) is 24.3. The Morgan fingerprint density at radius 1 is 0.455 bits per heavy atom. The first-order valence-corrected chi connectivity index (χ1v) is 17.1. The van der Waals surface area contributed by atoms with Crippen LogP contribution in [-0.2, 0) is 9.59 Å². The number of benzene rings is 1. The molecule has 4 heteroatoms. The van der Waals surface area contributed by atoms with Gasteiger partial charge in [-0.05, 0) is 86.5 Å².